The van der Waals surface area contributed by atoms with E-state index in [0.29, 0.717) is 28.5 Å². The number of hydrogen-bond donors (Lipinski definition) is 2. The first-order valence-corrected chi connectivity index (χ1v) is 6.88. The van der Waals surface area contributed by atoms with Crippen LogP contribution in [0.2, 0.25) is 5.02 Å². The maximum atomic E-state index is 11.7. The fraction of sp³-hybridized carbons (Fsp3) is 0.273. The van der Waals surface area contributed by atoms with E-state index in [0.717, 1.165) is 9.99 Å². The molecule has 1 aromatic rings. The first kappa shape index (κ1) is 14.7. The third kappa shape index (κ3) is 5.18. The topological polar surface area (TPSA) is 55.1 Å². The zero-order chi connectivity index (χ0) is 12.8. The minimum atomic E-state index is -0.133. The molecule has 0 unspecified atom stereocenters. The second-order valence-corrected chi connectivity index (χ2v) is 5.55. The number of hydrogen-bond acceptors (Lipinski definition) is 2. The van der Waals surface area contributed by atoms with E-state index < -0.39 is 0 Å². The summed E-state index contributed by atoms with van der Waals surface area (Å²) < 4.78 is 0.925. The van der Waals surface area contributed by atoms with Gasteiger partial charge in [-0.2, -0.15) is 0 Å². The van der Waals surface area contributed by atoms with Crippen LogP contribution in [-0.4, -0.2) is 17.4 Å². The smallest absolute Gasteiger partial charge is 0.251 e. The summed E-state index contributed by atoms with van der Waals surface area (Å²) >= 11 is 12.8. The quantitative estimate of drug-likeness (QED) is 0.468. The molecule has 0 aliphatic rings. The Balaban J connectivity index is 2.47. The van der Waals surface area contributed by atoms with Gasteiger partial charge >= 0.3 is 0 Å². The molecule has 0 bridgehead atoms. The van der Waals surface area contributed by atoms with Crippen molar-refractivity contribution >= 4 is 57.3 Å². The van der Waals surface area contributed by atoms with Crippen molar-refractivity contribution in [3.8, 4) is 0 Å². The summed E-state index contributed by atoms with van der Waals surface area (Å²) in [6.07, 6.45) is 1.39. The summed E-state index contributed by atoms with van der Waals surface area (Å²) in [5.41, 5.74) is 5.92. The van der Waals surface area contributed by atoms with Gasteiger partial charge in [0, 0.05) is 15.7 Å². The van der Waals surface area contributed by atoms with E-state index in [1.54, 1.807) is 12.1 Å². The number of benzene rings is 1. The number of thiocarbonyl (C=S) groups is 1. The third-order valence-electron chi connectivity index (χ3n) is 2.07. The SMILES string of the molecule is NC(=S)CCCNC(=O)c1ccc(I)c(Cl)c1. The number of rotatable bonds is 5. The molecule has 0 radical (unpaired) electrons. The number of nitrogens with one attached hydrogen (secondary N) is 1. The van der Waals surface area contributed by atoms with Gasteiger partial charge in [-0.05, 0) is 53.6 Å². The van der Waals surface area contributed by atoms with E-state index in [2.05, 4.69) is 27.9 Å². The van der Waals surface area contributed by atoms with Gasteiger partial charge in [0.15, 0.2) is 0 Å². The van der Waals surface area contributed by atoms with Gasteiger partial charge in [0.2, 0.25) is 0 Å². The maximum absolute atomic E-state index is 11.7. The van der Waals surface area contributed by atoms with Crippen LogP contribution in [0.15, 0.2) is 18.2 Å². The van der Waals surface area contributed by atoms with Crippen molar-refractivity contribution in [1.82, 2.24) is 5.32 Å². The molecule has 17 heavy (non-hydrogen) atoms. The predicted octanol–water partition coefficient (Wildman–Crippen LogP) is 2.74. The van der Waals surface area contributed by atoms with Crippen molar-refractivity contribution in [3.05, 3.63) is 32.4 Å². The lowest BCUT2D eigenvalue weighted by molar-refractivity contribution is 0.0953. The molecule has 0 aliphatic heterocycles. The van der Waals surface area contributed by atoms with Gasteiger partial charge in [-0.25, -0.2) is 0 Å². The van der Waals surface area contributed by atoms with Crippen molar-refractivity contribution in [3.63, 3.8) is 0 Å². The molecule has 0 spiro atoms. The highest BCUT2D eigenvalue weighted by atomic mass is 127. The van der Waals surface area contributed by atoms with Crippen molar-refractivity contribution in [2.75, 3.05) is 6.54 Å². The van der Waals surface area contributed by atoms with Gasteiger partial charge in [-0.1, -0.05) is 23.8 Å². The van der Waals surface area contributed by atoms with E-state index in [-0.39, 0.29) is 5.91 Å². The zero-order valence-corrected chi connectivity index (χ0v) is 12.7. The summed E-state index contributed by atoms with van der Waals surface area (Å²) in [7, 11) is 0. The summed E-state index contributed by atoms with van der Waals surface area (Å²) in [4.78, 5) is 12.2. The fourth-order valence-corrected chi connectivity index (χ4v) is 1.86. The predicted molar refractivity (Wildman–Crippen MR) is 82.5 cm³/mol. The van der Waals surface area contributed by atoms with E-state index >= 15 is 0 Å². The summed E-state index contributed by atoms with van der Waals surface area (Å²) in [5, 5.41) is 3.37. The van der Waals surface area contributed by atoms with Gasteiger partial charge < -0.3 is 11.1 Å². The highest BCUT2D eigenvalue weighted by Crippen LogP contribution is 2.19. The van der Waals surface area contributed by atoms with Crippen LogP contribution in [0.25, 0.3) is 0 Å². The molecule has 3 nitrogen and oxygen atoms in total. The molecule has 1 aromatic carbocycles. The zero-order valence-electron chi connectivity index (χ0n) is 9.00. The molecule has 1 amide bonds. The molecular formula is C11H12ClIN2OS. The lowest BCUT2D eigenvalue weighted by atomic mass is 10.2. The highest BCUT2D eigenvalue weighted by Gasteiger charge is 2.06. The normalized spacial score (nSPS) is 10.0. The molecule has 0 saturated carbocycles. The number of amides is 1. The largest absolute Gasteiger partial charge is 0.393 e. The van der Waals surface area contributed by atoms with Gasteiger partial charge in [0.05, 0.1) is 10.0 Å². The van der Waals surface area contributed by atoms with Crippen molar-refractivity contribution in [1.29, 1.82) is 0 Å². The van der Waals surface area contributed by atoms with Crippen molar-refractivity contribution in [2.45, 2.75) is 12.8 Å². The maximum Gasteiger partial charge on any atom is 0.251 e. The molecule has 6 heteroatoms. The average Bonchev–Trinajstić information content (AvgIpc) is 2.27. The lowest BCUT2D eigenvalue weighted by Crippen LogP contribution is -2.25. The van der Waals surface area contributed by atoms with Crippen LogP contribution in [0.4, 0.5) is 0 Å². The Labute approximate surface area is 124 Å². The molecule has 0 aliphatic carbocycles. The molecule has 1 rings (SSSR count). The van der Waals surface area contributed by atoms with Gasteiger partial charge in [-0.3, -0.25) is 4.79 Å². The first-order chi connectivity index (χ1) is 8.00. The van der Waals surface area contributed by atoms with Crippen molar-refractivity contribution in [2.24, 2.45) is 5.73 Å². The van der Waals surface area contributed by atoms with Crippen LogP contribution in [0.3, 0.4) is 0 Å². The lowest BCUT2D eigenvalue weighted by Gasteiger charge is -2.05. The van der Waals surface area contributed by atoms with Gasteiger partial charge in [-0.15, -0.1) is 0 Å². The molecule has 0 fully saturated rings. The molecule has 0 saturated heterocycles. The minimum absolute atomic E-state index is 0.133. The van der Waals surface area contributed by atoms with E-state index in [1.807, 2.05) is 6.07 Å². The standard InChI is InChI=1S/C11H12ClIN2OS/c12-8-6-7(3-4-9(8)13)11(16)15-5-1-2-10(14)17/h3-4,6H,1-2,5H2,(H2,14,17)(H,15,16). The van der Waals surface area contributed by atoms with Crippen LogP contribution in [0, 0.1) is 3.57 Å². The fourth-order valence-electron chi connectivity index (χ4n) is 1.20. The molecule has 92 valence electrons. The van der Waals surface area contributed by atoms with Crippen molar-refractivity contribution < 1.29 is 4.79 Å². The van der Waals surface area contributed by atoms with Gasteiger partial charge in [0.1, 0.15) is 0 Å². The molecule has 0 aromatic heterocycles. The van der Waals surface area contributed by atoms with E-state index in [1.165, 1.54) is 0 Å². The molecule has 0 atom stereocenters. The second kappa shape index (κ2) is 7.13. The van der Waals surface area contributed by atoms with Crippen LogP contribution in [0.5, 0.6) is 0 Å². The Morgan fingerprint density at radius 2 is 2.24 bits per heavy atom. The van der Waals surface area contributed by atoms with Crippen LogP contribution < -0.4 is 11.1 Å². The summed E-state index contributed by atoms with van der Waals surface area (Å²) in [6.45, 7) is 0.555. The Hall–Kier alpha value is -0.400. The second-order valence-electron chi connectivity index (χ2n) is 3.45. The number of carbonyl (C=O) groups is 1. The highest BCUT2D eigenvalue weighted by molar-refractivity contribution is 14.1. The molecular weight excluding hydrogens is 371 g/mol. The number of nitrogens with two attached hydrogens (primary N) is 1. The Morgan fingerprint density at radius 3 is 2.82 bits per heavy atom. The first-order valence-electron chi connectivity index (χ1n) is 5.02. The molecule has 0 heterocycles. The summed E-state index contributed by atoms with van der Waals surface area (Å²) in [6, 6.07) is 5.22. The van der Waals surface area contributed by atoms with E-state index in [9.17, 15) is 4.79 Å². The van der Waals surface area contributed by atoms with Crippen LogP contribution in [0.1, 0.15) is 23.2 Å². The average molecular weight is 383 g/mol. The number of halogens is 2. The van der Waals surface area contributed by atoms with Crippen LogP contribution >= 0.6 is 46.4 Å². The van der Waals surface area contributed by atoms with Gasteiger partial charge in [0.25, 0.3) is 5.91 Å². The molecule has 3 N–H and O–H groups in total. The van der Waals surface area contributed by atoms with Crippen LogP contribution in [-0.2, 0) is 0 Å². The monoisotopic (exact) mass is 382 g/mol. The van der Waals surface area contributed by atoms with E-state index in [4.69, 9.17) is 29.6 Å². The third-order valence-corrected chi connectivity index (χ3v) is 3.84. The summed E-state index contributed by atoms with van der Waals surface area (Å²) in [5.74, 6) is -0.133. The Kier molecular flexibility index (Phi) is 6.15. The minimum Gasteiger partial charge on any atom is -0.393 e. The Morgan fingerprint density at radius 1 is 1.53 bits per heavy atom. The number of carbonyl (C=O) groups excluding carboxylic acids is 1. The Bertz CT molecular complexity index is 439.